The fourth-order valence-corrected chi connectivity index (χ4v) is 8.40. The second-order valence-corrected chi connectivity index (χ2v) is 14.9. The van der Waals surface area contributed by atoms with Crippen LogP contribution in [0, 0.1) is 0 Å². The van der Waals surface area contributed by atoms with Gasteiger partial charge >= 0.3 is 6.36 Å². The van der Waals surface area contributed by atoms with E-state index < -0.39 is 56.5 Å². The van der Waals surface area contributed by atoms with Crippen molar-refractivity contribution in [3.05, 3.63) is 76.3 Å². The highest BCUT2D eigenvalue weighted by molar-refractivity contribution is 7.93. The number of alkyl halides is 3. The highest BCUT2D eigenvalue weighted by atomic mass is 35.5. The number of rotatable bonds is 11. The first-order chi connectivity index (χ1) is 23.9. The van der Waals surface area contributed by atoms with Crippen molar-refractivity contribution in [1.82, 2.24) is 14.7 Å². The summed E-state index contributed by atoms with van der Waals surface area (Å²) in [6.07, 6.45) is -6.06. The van der Waals surface area contributed by atoms with Crippen LogP contribution < -0.4 is 18.5 Å². The van der Waals surface area contributed by atoms with Crippen molar-refractivity contribution in [2.45, 2.75) is 49.2 Å². The lowest BCUT2D eigenvalue weighted by atomic mass is 9.80. The van der Waals surface area contributed by atoms with E-state index in [1.54, 1.807) is 18.2 Å². The maximum atomic E-state index is 15.5. The average molecular weight is 771 g/mol. The van der Waals surface area contributed by atoms with Crippen LogP contribution in [0.3, 0.4) is 0 Å². The summed E-state index contributed by atoms with van der Waals surface area (Å²) >= 11 is 6.55. The Bertz CT molecular complexity index is 1950. The maximum absolute atomic E-state index is 15.5. The molecule has 2 amide bonds. The molecule has 0 bridgehead atoms. The van der Waals surface area contributed by atoms with Gasteiger partial charge in [0.05, 0.1) is 32.1 Å². The van der Waals surface area contributed by atoms with Gasteiger partial charge in [0.1, 0.15) is 16.4 Å². The zero-order valence-electron chi connectivity index (χ0n) is 28.7. The van der Waals surface area contributed by atoms with E-state index in [0.29, 0.717) is 17.3 Å². The van der Waals surface area contributed by atoms with Crippen LogP contribution in [0.2, 0.25) is 5.02 Å². The van der Waals surface area contributed by atoms with Gasteiger partial charge in [-0.1, -0.05) is 25.1 Å². The van der Waals surface area contributed by atoms with E-state index in [2.05, 4.69) is 4.74 Å². The van der Waals surface area contributed by atoms with E-state index >= 15 is 4.79 Å². The molecule has 2 aliphatic rings. The molecule has 0 aromatic heterocycles. The number of carbonyl (C=O) groups excluding carboxylic acids is 2. The van der Waals surface area contributed by atoms with Crippen molar-refractivity contribution >= 4 is 39.1 Å². The molecule has 2 heterocycles. The third kappa shape index (κ3) is 7.26. The molecule has 0 radical (unpaired) electrons. The molecule has 0 aliphatic carbocycles. The van der Waals surface area contributed by atoms with Gasteiger partial charge < -0.3 is 29.1 Å². The zero-order chi connectivity index (χ0) is 37.6. The fraction of sp³-hybridized carbons (Fsp3) is 0.429. The van der Waals surface area contributed by atoms with Crippen molar-refractivity contribution in [3.63, 3.8) is 0 Å². The van der Waals surface area contributed by atoms with Gasteiger partial charge in [0.25, 0.3) is 15.9 Å². The minimum Gasteiger partial charge on any atom is -0.497 e. The molecule has 3 aromatic carbocycles. The SMILES string of the molecule is C.COc1ccc(S(=O)(=O)N2C(=O)C(c3cc(CCN(C)C)ccc3OC)(N3C[C@H](O)C[C@H]3C(=O)N(C)C)c3cc(Cl)ccc32)c(OC(F)(F)F)c1. The summed E-state index contributed by atoms with van der Waals surface area (Å²) < 4.78 is 85.8. The summed E-state index contributed by atoms with van der Waals surface area (Å²) in [7, 11) is 4.06. The van der Waals surface area contributed by atoms with E-state index in [-0.39, 0.29) is 53.7 Å². The topological polar surface area (TPSA) is 129 Å². The summed E-state index contributed by atoms with van der Waals surface area (Å²) in [5.41, 5.74) is -1.58. The lowest BCUT2D eigenvalue weighted by Crippen LogP contribution is -2.59. The Kier molecular flexibility index (Phi) is 11.8. The monoisotopic (exact) mass is 770 g/mol. The molecule has 3 atom stereocenters. The van der Waals surface area contributed by atoms with E-state index in [0.717, 1.165) is 23.8 Å². The van der Waals surface area contributed by atoms with Gasteiger partial charge in [-0.2, -0.15) is 0 Å². The Morgan fingerprint density at radius 3 is 2.29 bits per heavy atom. The van der Waals surface area contributed by atoms with E-state index in [1.165, 1.54) is 56.3 Å². The zero-order valence-corrected chi connectivity index (χ0v) is 30.3. The van der Waals surface area contributed by atoms with Crippen molar-refractivity contribution in [2.24, 2.45) is 0 Å². The number of likely N-dealkylation sites (N-methyl/N-ethyl adjacent to an activating group) is 2. The third-order valence-corrected chi connectivity index (χ3v) is 10.9. The highest BCUT2D eigenvalue weighted by Gasteiger charge is 2.64. The predicted octanol–water partition coefficient (Wildman–Crippen LogP) is 4.50. The Labute approximate surface area is 306 Å². The summed E-state index contributed by atoms with van der Waals surface area (Å²) in [6.45, 7) is 0.325. The molecule has 0 spiro atoms. The number of ether oxygens (including phenoxy) is 3. The van der Waals surface area contributed by atoms with Crippen LogP contribution >= 0.6 is 11.6 Å². The molecule has 12 nitrogen and oxygen atoms in total. The minimum absolute atomic E-state index is 0. The maximum Gasteiger partial charge on any atom is 0.573 e. The number of benzene rings is 3. The van der Waals surface area contributed by atoms with Crippen molar-refractivity contribution in [3.8, 4) is 17.2 Å². The molecule has 1 saturated heterocycles. The largest absolute Gasteiger partial charge is 0.573 e. The molecule has 3 aromatic rings. The molecule has 5 rings (SSSR count). The Hall–Kier alpha value is -4.09. The van der Waals surface area contributed by atoms with Gasteiger partial charge in [0.15, 0.2) is 11.3 Å². The number of amides is 2. The normalized spacial score (nSPS) is 20.5. The van der Waals surface area contributed by atoms with Gasteiger partial charge in [-0.3, -0.25) is 14.5 Å². The molecule has 0 saturated carbocycles. The lowest BCUT2D eigenvalue weighted by Gasteiger charge is -2.42. The van der Waals surface area contributed by atoms with Gasteiger partial charge in [-0.25, -0.2) is 12.7 Å². The molecular formula is C35H42ClF3N4O8S. The average Bonchev–Trinajstić information content (AvgIpc) is 3.56. The van der Waals surface area contributed by atoms with Crippen LogP contribution in [0.15, 0.2) is 59.5 Å². The molecular weight excluding hydrogens is 729 g/mol. The Morgan fingerprint density at radius 2 is 1.69 bits per heavy atom. The molecule has 17 heteroatoms. The van der Waals surface area contributed by atoms with Crippen LogP contribution in [-0.2, 0) is 31.6 Å². The van der Waals surface area contributed by atoms with E-state index in [9.17, 15) is 31.5 Å². The van der Waals surface area contributed by atoms with Crippen molar-refractivity contribution in [1.29, 1.82) is 0 Å². The minimum atomic E-state index is -5.31. The number of hydrogen-bond donors (Lipinski definition) is 1. The van der Waals surface area contributed by atoms with Crippen LogP contribution in [-0.4, -0.2) is 114 Å². The number of likely N-dealkylation sites (tertiary alicyclic amines) is 1. The number of halogens is 4. The first kappa shape index (κ1) is 40.7. The quantitative estimate of drug-likeness (QED) is 0.298. The number of aliphatic hydroxyl groups excluding tert-OH is 1. The molecule has 2 aliphatic heterocycles. The number of carbonyl (C=O) groups is 2. The smallest absolute Gasteiger partial charge is 0.497 e. The molecule has 284 valence electrons. The number of sulfonamides is 1. The Morgan fingerprint density at radius 1 is 1.00 bits per heavy atom. The lowest BCUT2D eigenvalue weighted by molar-refractivity contribution is -0.275. The van der Waals surface area contributed by atoms with Gasteiger partial charge in [0.2, 0.25) is 5.91 Å². The van der Waals surface area contributed by atoms with E-state index in [4.69, 9.17) is 21.1 Å². The second kappa shape index (κ2) is 15.1. The number of anilines is 1. The number of fused-ring (bicyclic) bond motifs is 1. The summed E-state index contributed by atoms with van der Waals surface area (Å²) in [5, 5.41) is 11.2. The van der Waals surface area contributed by atoms with Crippen molar-refractivity contribution in [2.75, 3.05) is 59.8 Å². The number of nitrogens with zero attached hydrogens (tertiary/aromatic N) is 4. The number of hydrogen-bond acceptors (Lipinski definition) is 10. The summed E-state index contributed by atoms with van der Waals surface area (Å²) in [5.74, 6) is -2.78. The van der Waals surface area contributed by atoms with E-state index in [1.807, 2.05) is 19.0 Å². The number of aliphatic hydroxyl groups is 1. The Balaban J connectivity index is 0.00000605. The van der Waals surface area contributed by atoms with Crippen LogP contribution in [0.5, 0.6) is 17.2 Å². The number of methoxy groups -OCH3 is 2. The molecule has 1 unspecified atom stereocenters. The van der Waals surface area contributed by atoms with Gasteiger partial charge in [-0.05, 0) is 75.0 Å². The van der Waals surface area contributed by atoms with Crippen molar-refractivity contribution < 1.29 is 50.5 Å². The van der Waals surface area contributed by atoms with Crippen LogP contribution in [0.25, 0.3) is 0 Å². The third-order valence-electron chi connectivity index (χ3n) is 8.89. The van der Waals surface area contributed by atoms with Gasteiger partial charge in [-0.15, -0.1) is 13.2 Å². The fourth-order valence-electron chi connectivity index (χ4n) is 6.67. The standard InChI is InChI=1S/C34H38ClF3N4O8S.CH4/c1-39(2)14-13-20-7-11-28(49-6)25(15-20)33(41-19-22(43)17-27(41)31(44)40(3)4)24-16-21(35)8-10-26(24)42(32(33)45)51(46,47)30-12-9-23(48-5)18-29(30)50-34(36,37)38;/h7-12,15-16,18,22,27,43H,13-14,17,19H2,1-6H3;1H4/t22-,27+,33?;/m1./s1. The predicted molar refractivity (Wildman–Crippen MR) is 188 cm³/mol. The van der Waals surface area contributed by atoms with Crippen LogP contribution in [0.1, 0.15) is 30.5 Å². The number of β-amino-alcohol motifs (C(OH)–C–C–N with tert-alkyl or cyclic N) is 1. The summed E-state index contributed by atoms with van der Waals surface area (Å²) in [6, 6.07) is 10.6. The molecule has 1 fully saturated rings. The van der Waals surface area contributed by atoms with Crippen LogP contribution in [0.4, 0.5) is 18.9 Å². The molecule has 52 heavy (non-hydrogen) atoms. The van der Waals surface area contributed by atoms with Gasteiger partial charge in [0, 0.05) is 49.4 Å². The first-order valence-electron chi connectivity index (χ1n) is 15.7. The second-order valence-electron chi connectivity index (χ2n) is 12.7. The highest BCUT2D eigenvalue weighted by Crippen LogP contribution is 2.55. The summed E-state index contributed by atoms with van der Waals surface area (Å²) in [4.78, 5) is 33.0. The molecule has 1 N–H and O–H groups in total. The first-order valence-corrected chi connectivity index (χ1v) is 17.5.